The Balaban J connectivity index is 1.58. The topological polar surface area (TPSA) is 23.6 Å². The maximum atomic E-state index is 13.4. The van der Waals surface area contributed by atoms with Gasteiger partial charge in [-0.2, -0.15) is 11.3 Å². The minimum atomic E-state index is -0.322. The van der Waals surface area contributed by atoms with Crippen molar-refractivity contribution in [2.24, 2.45) is 5.92 Å². The first kappa shape index (κ1) is 22.7. The maximum Gasteiger partial charge on any atom is 0.254 e. The molecule has 5 heteroatoms. The summed E-state index contributed by atoms with van der Waals surface area (Å²) < 4.78 is 13.4. The molecule has 32 heavy (non-hydrogen) atoms. The fourth-order valence-corrected chi connectivity index (χ4v) is 5.47. The number of nitrogens with zero attached hydrogens (tertiary/aromatic N) is 2. The third-order valence-electron chi connectivity index (χ3n) is 6.50. The van der Waals surface area contributed by atoms with Crippen molar-refractivity contribution in [2.45, 2.75) is 39.3 Å². The number of benzene rings is 2. The van der Waals surface area contributed by atoms with Gasteiger partial charge in [0.2, 0.25) is 0 Å². The minimum Gasteiger partial charge on any atom is -0.336 e. The lowest BCUT2D eigenvalue weighted by Gasteiger charge is -2.32. The van der Waals surface area contributed by atoms with Crippen LogP contribution in [-0.4, -0.2) is 41.4 Å². The van der Waals surface area contributed by atoms with Crippen molar-refractivity contribution in [1.82, 2.24) is 9.80 Å². The Morgan fingerprint density at radius 3 is 2.53 bits per heavy atom. The van der Waals surface area contributed by atoms with E-state index in [1.54, 1.807) is 23.5 Å². The van der Waals surface area contributed by atoms with E-state index in [-0.39, 0.29) is 17.8 Å². The number of rotatable bonds is 7. The molecule has 1 aliphatic heterocycles. The van der Waals surface area contributed by atoms with Gasteiger partial charge in [0.15, 0.2) is 0 Å². The normalized spacial score (nSPS) is 18.9. The van der Waals surface area contributed by atoms with Crippen LogP contribution in [0, 0.1) is 18.7 Å². The third-order valence-corrected chi connectivity index (χ3v) is 7.23. The first-order valence-electron chi connectivity index (χ1n) is 11.3. The van der Waals surface area contributed by atoms with Crippen molar-refractivity contribution in [1.29, 1.82) is 0 Å². The molecular weight excluding hydrogens is 419 g/mol. The van der Waals surface area contributed by atoms with E-state index in [1.807, 2.05) is 4.90 Å². The second kappa shape index (κ2) is 9.97. The molecular formula is C27H31FN2OS. The molecule has 0 saturated carbocycles. The number of carbonyl (C=O) groups excluding carboxylic acids is 1. The van der Waals surface area contributed by atoms with Crippen LogP contribution in [-0.2, 0) is 6.54 Å². The number of amides is 1. The van der Waals surface area contributed by atoms with E-state index in [9.17, 15) is 9.18 Å². The van der Waals surface area contributed by atoms with Gasteiger partial charge in [0, 0.05) is 43.7 Å². The second-order valence-electron chi connectivity index (χ2n) is 9.11. The molecule has 1 aliphatic rings. The Kier molecular flexibility index (Phi) is 7.07. The molecule has 2 aromatic carbocycles. The summed E-state index contributed by atoms with van der Waals surface area (Å²) in [5, 5.41) is 4.35. The van der Waals surface area contributed by atoms with Crippen LogP contribution in [0.15, 0.2) is 65.4 Å². The van der Waals surface area contributed by atoms with Gasteiger partial charge in [0.05, 0.1) is 0 Å². The predicted molar refractivity (Wildman–Crippen MR) is 130 cm³/mol. The van der Waals surface area contributed by atoms with Crippen LogP contribution in [0.2, 0.25) is 0 Å². The van der Waals surface area contributed by atoms with Gasteiger partial charge in [-0.05, 0) is 84.5 Å². The number of halogens is 1. The summed E-state index contributed by atoms with van der Waals surface area (Å²) in [5.41, 5.74) is 4.58. The van der Waals surface area contributed by atoms with Crippen molar-refractivity contribution >= 4 is 17.2 Å². The Morgan fingerprint density at radius 1 is 1.12 bits per heavy atom. The molecule has 3 aromatic rings. The quantitative estimate of drug-likeness (QED) is 0.443. The standard InChI is InChI=1S/C27H31FN2OS/c1-19(2)30(27(31)22-8-10-24(28)11-9-22)16-23-15-29(14-21-12-13-32-18-21)17-26(23)25-7-5-4-6-20(25)3/h4-13,18-19,23,26H,14-17H2,1-3H3/t23-,26+/m0/s1. The molecule has 0 radical (unpaired) electrons. The van der Waals surface area contributed by atoms with E-state index in [0.29, 0.717) is 23.9 Å². The van der Waals surface area contributed by atoms with Gasteiger partial charge in [-0.25, -0.2) is 4.39 Å². The molecule has 1 aromatic heterocycles. The highest BCUT2D eigenvalue weighted by molar-refractivity contribution is 7.07. The van der Waals surface area contributed by atoms with Crippen molar-refractivity contribution in [2.75, 3.05) is 19.6 Å². The van der Waals surface area contributed by atoms with Crippen LogP contribution in [0.25, 0.3) is 0 Å². The maximum absolute atomic E-state index is 13.4. The Bertz CT molecular complexity index is 1030. The second-order valence-corrected chi connectivity index (χ2v) is 9.89. The summed E-state index contributed by atoms with van der Waals surface area (Å²) in [5.74, 6) is 0.357. The van der Waals surface area contributed by atoms with Crippen LogP contribution in [0.4, 0.5) is 4.39 Å². The van der Waals surface area contributed by atoms with Crippen LogP contribution < -0.4 is 0 Å². The fourth-order valence-electron chi connectivity index (χ4n) is 4.81. The molecule has 0 unspecified atom stereocenters. The lowest BCUT2D eigenvalue weighted by atomic mass is 9.86. The van der Waals surface area contributed by atoms with Gasteiger partial charge in [-0.3, -0.25) is 9.69 Å². The highest BCUT2D eigenvalue weighted by Gasteiger charge is 2.37. The van der Waals surface area contributed by atoms with E-state index < -0.39 is 0 Å². The average molecular weight is 451 g/mol. The van der Waals surface area contributed by atoms with Gasteiger partial charge in [0.1, 0.15) is 5.82 Å². The number of thiophene rings is 1. The zero-order valence-electron chi connectivity index (χ0n) is 19.0. The van der Waals surface area contributed by atoms with Crippen LogP contribution >= 0.6 is 11.3 Å². The van der Waals surface area contributed by atoms with E-state index in [4.69, 9.17) is 0 Å². The van der Waals surface area contributed by atoms with E-state index in [0.717, 1.165) is 19.6 Å². The van der Waals surface area contributed by atoms with Gasteiger partial charge >= 0.3 is 0 Å². The molecule has 168 valence electrons. The molecule has 2 atom stereocenters. The number of hydrogen-bond acceptors (Lipinski definition) is 3. The summed E-state index contributed by atoms with van der Waals surface area (Å²) in [6.07, 6.45) is 0. The first-order chi connectivity index (χ1) is 15.4. The Labute approximate surface area is 194 Å². The van der Waals surface area contributed by atoms with Gasteiger partial charge in [0.25, 0.3) is 5.91 Å². The first-order valence-corrected chi connectivity index (χ1v) is 12.2. The summed E-state index contributed by atoms with van der Waals surface area (Å²) >= 11 is 1.73. The van der Waals surface area contributed by atoms with Gasteiger partial charge in [-0.1, -0.05) is 24.3 Å². The molecule has 1 fully saturated rings. The SMILES string of the molecule is Cc1ccccc1[C@@H]1CN(Cc2ccsc2)C[C@H]1CN(C(=O)c1ccc(F)cc1)C(C)C. The van der Waals surface area contributed by atoms with Crippen molar-refractivity contribution in [3.05, 3.63) is 93.4 Å². The van der Waals surface area contributed by atoms with E-state index >= 15 is 0 Å². The summed E-state index contributed by atoms with van der Waals surface area (Å²) in [6, 6.07) is 16.8. The van der Waals surface area contributed by atoms with Gasteiger partial charge in [-0.15, -0.1) is 0 Å². The van der Waals surface area contributed by atoms with E-state index in [2.05, 4.69) is 66.8 Å². The molecule has 0 bridgehead atoms. The Morgan fingerprint density at radius 2 is 1.88 bits per heavy atom. The fraction of sp³-hybridized carbons (Fsp3) is 0.370. The lowest BCUT2D eigenvalue weighted by molar-refractivity contribution is 0.0668. The van der Waals surface area contributed by atoms with Crippen molar-refractivity contribution in [3.8, 4) is 0 Å². The largest absolute Gasteiger partial charge is 0.336 e. The zero-order chi connectivity index (χ0) is 22.7. The van der Waals surface area contributed by atoms with Crippen molar-refractivity contribution < 1.29 is 9.18 Å². The number of carbonyl (C=O) groups is 1. The monoisotopic (exact) mass is 450 g/mol. The number of aryl methyl sites for hydroxylation is 1. The molecule has 3 nitrogen and oxygen atoms in total. The van der Waals surface area contributed by atoms with Crippen LogP contribution in [0.5, 0.6) is 0 Å². The molecule has 0 aliphatic carbocycles. The summed E-state index contributed by atoms with van der Waals surface area (Å²) in [4.78, 5) is 17.8. The highest BCUT2D eigenvalue weighted by Crippen LogP contribution is 2.36. The lowest BCUT2D eigenvalue weighted by Crippen LogP contribution is -2.42. The van der Waals surface area contributed by atoms with E-state index in [1.165, 1.54) is 28.8 Å². The minimum absolute atomic E-state index is 0.0279. The molecule has 4 rings (SSSR count). The third kappa shape index (κ3) is 5.11. The number of likely N-dealkylation sites (tertiary alicyclic amines) is 1. The molecule has 0 spiro atoms. The Hall–Kier alpha value is -2.50. The molecule has 1 saturated heterocycles. The number of hydrogen-bond donors (Lipinski definition) is 0. The molecule has 1 amide bonds. The highest BCUT2D eigenvalue weighted by atomic mass is 32.1. The van der Waals surface area contributed by atoms with Gasteiger partial charge < -0.3 is 4.90 Å². The van der Waals surface area contributed by atoms with Crippen molar-refractivity contribution in [3.63, 3.8) is 0 Å². The molecule has 2 heterocycles. The van der Waals surface area contributed by atoms with Crippen LogP contribution in [0.1, 0.15) is 46.8 Å². The zero-order valence-corrected chi connectivity index (χ0v) is 19.8. The van der Waals surface area contributed by atoms with Crippen LogP contribution in [0.3, 0.4) is 0 Å². The summed E-state index contributed by atoms with van der Waals surface area (Å²) in [7, 11) is 0. The smallest absolute Gasteiger partial charge is 0.254 e. The molecule has 0 N–H and O–H groups in total. The summed E-state index contributed by atoms with van der Waals surface area (Å²) in [6.45, 7) is 9.86. The predicted octanol–water partition coefficient (Wildman–Crippen LogP) is 5.96. The average Bonchev–Trinajstić information content (AvgIpc) is 3.42.